The molecule has 2 nitrogen and oxygen atoms in total. The predicted octanol–water partition coefficient (Wildman–Crippen LogP) is 2.72. The van der Waals surface area contributed by atoms with Crippen LogP contribution >= 0.6 is 0 Å². The van der Waals surface area contributed by atoms with E-state index in [0.717, 1.165) is 17.6 Å². The summed E-state index contributed by atoms with van der Waals surface area (Å²) in [7, 11) is 1.75. The molecule has 0 bridgehead atoms. The SMILES string of the molecule is COc1ccc2c(c1)CCC1CNC(C)CC21. The summed E-state index contributed by atoms with van der Waals surface area (Å²) in [6, 6.07) is 7.30. The number of piperidine rings is 1. The fraction of sp³-hybridized carbons (Fsp3) is 0.600. The molecular weight excluding hydrogens is 210 g/mol. The van der Waals surface area contributed by atoms with Crippen molar-refractivity contribution in [3.8, 4) is 5.75 Å². The van der Waals surface area contributed by atoms with Crippen LogP contribution in [0.4, 0.5) is 0 Å². The molecule has 1 aliphatic carbocycles. The van der Waals surface area contributed by atoms with E-state index in [1.165, 1.54) is 31.4 Å². The van der Waals surface area contributed by atoms with Crippen LogP contribution in [0.1, 0.15) is 36.8 Å². The van der Waals surface area contributed by atoms with Crippen LogP contribution in [0.2, 0.25) is 0 Å². The molecule has 1 saturated heterocycles. The van der Waals surface area contributed by atoms with Crippen molar-refractivity contribution in [2.45, 2.75) is 38.1 Å². The van der Waals surface area contributed by atoms with Crippen molar-refractivity contribution in [3.05, 3.63) is 29.3 Å². The summed E-state index contributed by atoms with van der Waals surface area (Å²) in [5.41, 5.74) is 3.09. The maximum absolute atomic E-state index is 5.33. The molecule has 92 valence electrons. The average molecular weight is 231 g/mol. The monoisotopic (exact) mass is 231 g/mol. The first-order chi connectivity index (χ1) is 8.28. The van der Waals surface area contributed by atoms with Crippen molar-refractivity contribution in [3.63, 3.8) is 0 Å². The molecule has 2 aliphatic rings. The second kappa shape index (κ2) is 4.34. The zero-order chi connectivity index (χ0) is 11.8. The molecule has 3 rings (SSSR count). The molecule has 1 heterocycles. The lowest BCUT2D eigenvalue weighted by Gasteiger charge is -2.40. The highest BCUT2D eigenvalue weighted by Crippen LogP contribution is 2.41. The van der Waals surface area contributed by atoms with Gasteiger partial charge in [-0.2, -0.15) is 0 Å². The van der Waals surface area contributed by atoms with Crippen molar-refractivity contribution in [2.75, 3.05) is 13.7 Å². The number of ether oxygens (including phenoxy) is 1. The molecule has 3 atom stereocenters. The number of hydrogen-bond donors (Lipinski definition) is 1. The first-order valence-electron chi connectivity index (χ1n) is 6.68. The summed E-state index contributed by atoms with van der Waals surface area (Å²) in [6.45, 7) is 3.49. The lowest BCUT2D eigenvalue weighted by atomic mass is 9.70. The van der Waals surface area contributed by atoms with Crippen LogP contribution in [0, 0.1) is 5.92 Å². The molecule has 0 spiro atoms. The van der Waals surface area contributed by atoms with E-state index in [2.05, 4.69) is 30.4 Å². The Kier molecular flexibility index (Phi) is 2.83. The molecule has 1 N–H and O–H groups in total. The quantitative estimate of drug-likeness (QED) is 0.802. The Morgan fingerprint density at radius 3 is 3.06 bits per heavy atom. The van der Waals surface area contributed by atoms with E-state index in [9.17, 15) is 0 Å². The topological polar surface area (TPSA) is 21.3 Å². The van der Waals surface area contributed by atoms with E-state index in [1.807, 2.05) is 0 Å². The van der Waals surface area contributed by atoms with E-state index in [1.54, 1.807) is 12.7 Å². The molecule has 1 fully saturated rings. The third-order valence-electron chi connectivity index (χ3n) is 4.44. The van der Waals surface area contributed by atoms with Gasteiger partial charge in [0.1, 0.15) is 5.75 Å². The normalized spacial score (nSPS) is 31.5. The first kappa shape index (κ1) is 11.1. The summed E-state index contributed by atoms with van der Waals surface area (Å²) in [5, 5.41) is 3.61. The van der Waals surface area contributed by atoms with Gasteiger partial charge in [0, 0.05) is 6.04 Å². The van der Waals surface area contributed by atoms with Gasteiger partial charge in [-0.1, -0.05) is 6.07 Å². The van der Waals surface area contributed by atoms with Crippen molar-refractivity contribution >= 4 is 0 Å². The van der Waals surface area contributed by atoms with Crippen LogP contribution in [0.5, 0.6) is 5.75 Å². The van der Waals surface area contributed by atoms with Crippen LogP contribution in [-0.2, 0) is 6.42 Å². The van der Waals surface area contributed by atoms with Crippen LogP contribution in [0.15, 0.2) is 18.2 Å². The van der Waals surface area contributed by atoms with E-state index >= 15 is 0 Å². The Bertz CT molecular complexity index is 415. The zero-order valence-electron chi connectivity index (χ0n) is 10.7. The molecule has 2 heteroatoms. The van der Waals surface area contributed by atoms with Gasteiger partial charge in [0.2, 0.25) is 0 Å². The second-order valence-corrected chi connectivity index (χ2v) is 5.51. The van der Waals surface area contributed by atoms with Gasteiger partial charge in [-0.15, -0.1) is 0 Å². The van der Waals surface area contributed by atoms with Crippen molar-refractivity contribution < 1.29 is 4.74 Å². The smallest absolute Gasteiger partial charge is 0.119 e. The number of benzene rings is 1. The number of rotatable bonds is 1. The van der Waals surface area contributed by atoms with Crippen molar-refractivity contribution in [1.82, 2.24) is 5.32 Å². The number of nitrogens with one attached hydrogen (secondary N) is 1. The highest BCUT2D eigenvalue weighted by atomic mass is 16.5. The van der Waals surface area contributed by atoms with Gasteiger partial charge < -0.3 is 10.1 Å². The van der Waals surface area contributed by atoms with Crippen LogP contribution in [0.3, 0.4) is 0 Å². The molecule has 1 aromatic rings. The largest absolute Gasteiger partial charge is 0.497 e. The predicted molar refractivity (Wildman–Crippen MR) is 69.6 cm³/mol. The third kappa shape index (κ3) is 1.95. The van der Waals surface area contributed by atoms with Gasteiger partial charge in [0.25, 0.3) is 0 Å². The molecule has 0 aromatic heterocycles. The third-order valence-corrected chi connectivity index (χ3v) is 4.44. The standard InChI is InChI=1S/C15H21NO/c1-10-7-15-12(9-16-10)4-3-11-8-13(17-2)5-6-14(11)15/h5-6,8,10,12,15-16H,3-4,7,9H2,1-2H3. The zero-order valence-corrected chi connectivity index (χ0v) is 10.7. The van der Waals surface area contributed by atoms with Crippen LogP contribution in [-0.4, -0.2) is 19.7 Å². The molecular formula is C15H21NO. The van der Waals surface area contributed by atoms with Gasteiger partial charge >= 0.3 is 0 Å². The number of aryl methyl sites for hydroxylation is 1. The van der Waals surface area contributed by atoms with E-state index in [4.69, 9.17) is 4.74 Å². The molecule has 3 unspecified atom stereocenters. The molecule has 1 aromatic carbocycles. The van der Waals surface area contributed by atoms with Gasteiger partial charge in [0.15, 0.2) is 0 Å². The fourth-order valence-electron chi connectivity index (χ4n) is 3.46. The molecule has 0 saturated carbocycles. The lowest BCUT2D eigenvalue weighted by Crippen LogP contribution is -2.43. The van der Waals surface area contributed by atoms with Crippen LogP contribution < -0.4 is 10.1 Å². The Morgan fingerprint density at radius 1 is 1.35 bits per heavy atom. The number of methoxy groups -OCH3 is 1. The maximum Gasteiger partial charge on any atom is 0.119 e. The number of hydrogen-bond acceptors (Lipinski definition) is 2. The lowest BCUT2D eigenvalue weighted by molar-refractivity contribution is 0.253. The van der Waals surface area contributed by atoms with Gasteiger partial charge in [0.05, 0.1) is 7.11 Å². The molecule has 1 aliphatic heterocycles. The summed E-state index contributed by atoms with van der Waals surface area (Å²) >= 11 is 0. The summed E-state index contributed by atoms with van der Waals surface area (Å²) in [4.78, 5) is 0. The fourth-order valence-corrected chi connectivity index (χ4v) is 3.46. The van der Waals surface area contributed by atoms with E-state index in [0.29, 0.717) is 6.04 Å². The molecule has 0 radical (unpaired) electrons. The Hall–Kier alpha value is -1.02. The summed E-state index contributed by atoms with van der Waals surface area (Å²) < 4.78 is 5.33. The minimum Gasteiger partial charge on any atom is -0.497 e. The Labute approximate surface area is 103 Å². The van der Waals surface area contributed by atoms with Gasteiger partial charge in [-0.25, -0.2) is 0 Å². The first-order valence-corrected chi connectivity index (χ1v) is 6.68. The van der Waals surface area contributed by atoms with Crippen molar-refractivity contribution in [1.29, 1.82) is 0 Å². The van der Waals surface area contributed by atoms with E-state index < -0.39 is 0 Å². The van der Waals surface area contributed by atoms with Crippen molar-refractivity contribution in [2.24, 2.45) is 5.92 Å². The minimum atomic E-state index is 0.657. The Morgan fingerprint density at radius 2 is 2.24 bits per heavy atom. The molecule has 17 heavy (non-hydrogen) atoms. The second-order valence-electron chi connectivity index (χ2n) is 5.51. The Balaban J connectivity index is 1.94. The molecule has 0 amide bonds. The van der Waals surface area contributed by atoms with Gasteiger partial charge in [-0.05, 0) is 67.8 Å². The van der Waals surface area contributed by atoms with Crippen LogP contribution in [0.25, 0.3) is 0 Å². The van der Waals surface area contributed by atoms with E-state index in [-0.39, 0.29) is 0 Å². The highest BCUT2D eigenvalue weighted by molar-refractivity contribution is 5.40. The van der Waals surface area contributed by atoms with Gasteiger partial charge in [-0.3, -0.25) is 0 Å². The highest BCUT2D eigenvalue weighted by Gasteiger charge is 2.33. The average Bonchev–Trinajstić information content (AvgIpc) is 2.37. The number of fused-ring (bicyclic) bond motifs is 3. The minimum absolute atomic E-state index is 0.657. The summed E-state index contributed by atoms with van der Waals surface area (Å²) in [6.07, 6.45) is 3.82. The summed E-state index contributed by atoms with van der Waals surface area (Å²) in [5.74, 6) is 2.61. The maximum atomic E-state index is 5.33.